The van der Waals surface area contributed by atoms with Crippen LogP contribution in [0.15, 0.2) is 0 Å². The third kappa shape index (κ3) is 47.5. The number of unbranched alkanes of at least 4 members (excludes halogenated alkanes) is 38. The van der Waals surface area contributed by atoms with E-state index in [-0.39, 0.29) is 19.1 Å². The Morgan fingerprint density at radius 2 is 0.790 bits per heavy atom. The van der Waals surface area contributed by atoms with Crippen molar-refractivity contribution in [3.63, 3.8) is 0 Å². The first-order valence-electron chi connectivity index (χ1n) is 27.4. The van der Waals surface area contributed by atoms with E-state index in [1.165, 1.54) is 218 Å². The molecule has 372 valence electrons. The number of hydrogen-bond donors (Lipinski definition) is 2. The van der Waals surface area contributed by atoms with E-state index in [0.29, 0.717) is 23.9 Å². The second-order valence-electron chi connectivity index (χ2n) is 20.3. The molecule has 0 aromatic rings. The molecule has 0 radical (unpaired) electrons. The Hall–Kier alpha value is -0.500. The number of phosphoric acid groups is 1. The summed E-state index contributed by atoms with van der Waals surface area (Å²) < 4.78 is 23.0. The van der Waals surface area contributed by atoms with Crippen LogP contribution in [-0.2, 0) is 18.4 Å². The van der Waals surface area contributed by atoms with Gasteiger partial charge in [0.05, 0.1) is 39.9 Å². The molecule has 0 bridgehead atoms. The number of nitrogens with one attached hydrogen (secondary N) is 1. The largest absolute Gasteiger partial charge is 0.756 e. The molecule has 9 heteroatoms. The number of nitrogens with zero attached hydrogens (tertiary/aromatic N) is 1. The fourth-order valence-electron chi connectivity index (χ4n) is 8.51. The maximum absolute atomic E-state index is 12.7. The monoisotopic (exact) mass is 901 g/mol. The van der Waals surface area contributed by atoms with Gasteiger partial charge in [-0.1, -0.05) is 264 Å². The van der Waals surface area contributed by atoms with Gasteiger partial charge >= 0.3 is 0 Å². The van der Waals surface area contributed by atoms with Crippen molar-refractivity contribution in [1.29, 1.82) is 0 Å². The van der Waals surface area contributed by atoms with Crippen LogP contribution in [0.25, 0.3) is 0 Å². The zero-order valence-electron chi connectivity index (χ0n) is 42.4. The van der Waals surface area contributed by atoms with Crippen molar-refractivity contribution < 1.29 is 32.9 Å². The molecular formula is C53H109N2O6P. The van der Waals surface area contributed by atoms with Crippen LogP contribution in [0.5, 0.6) is 0 Å². The van der Waals surface area contributed by atoms with Gasteiger partial charge in [0.25, 0.3) is 7.82 Å². The smallest absolute Gasteiger partial charge is 0.268 e. The standard InChI is InChI=1S/C53H109N2O6P/c1-6-8-10-11-12-13-14-15-16-17-18-19-20-21-22-23-24-25-26-27-28-29-30-31-32-33-34-35-36-37-38-39-40-41-42-43-45-47-53(57)54-51(52(56)46-44-9-7-2)50-61-62(58,59)60-49-48-55(3,4)5/h51-52,56H,6-50H2,1-5H3,(H-,54,57,58,59). The summed E-state index contributed by atoms with van der Waals surface area (Å²) in [7, 11) is 1.31. The van der Waals surface area contributed by atoms with E-state index in [1.54, 1.807) is 0 Å². The minimum Gasteiger partial charge on any atom is -0.756 e. The minimum absolute atomic E-state index is 0.0140. The summed E-state index contributed by atoms with van der Waals surface area (Å²) in [5.74, 6) is -0.170. The van der Waals surface area contributed by atoms with Crippen molar-refractivity contribution in [1.82, 2.24) is 5.32 Å². The summed E-state index contributed by atoms with van der Waals surface area (Å²) in [6, 6.07) is -0.790. The lowest BCUT2D eigenvalue weighted by atomic mass is 10.0. The van der Waals surface area contributed by atoms with E-state index in [9.17, 15) is 19.4 Å². The molecule has 0 aliphatic rings. The van der Waals surface area contributed by atoms with Gasteiger partial charge in [0.2, 0.25) is 5.91 Å². The lowest BCUT2D eigenvalue weighted by Gasteiger charge is -2.30. The molecule has 0 spiro atoms. The maximum atomic E-state index is 12.7. The number of rotatable bonds is 51. The molecule has 0 heterocycles. The first kappa shape index (κ1) is 61.5. The summed E-state index contributed by atoms with van der Waals surface area (Å²) in [6.07, 6.45) is 54.1. The number of amides is 1. The SMILES string of the molecule is CCCCCCCCCCCCCCCCCCCCCCCCCCCCCCCCCCCCCCCC(=O)NC(COP(=O)([O-])OCC[N+](C)(C)C)C(O)CCCCC. The predicted octanol–water partition coefficient (Wildman–Crippen LogP) is 15.5. The molecule has 3 atom stereocenters. The van der Waals surface area contributed by atoms with E-state index < -0.39 is 20.0 Å². The van der Waals surface area contributed by atoms with Gasteiger partial charge in [-0.25, -0.2) is 0 Å². The Morgan fingerprint density at radius 1 is 0.500 bits per heavy atom. The van der Waals surface area contributed by atoms with E-state index in [1.807, 2.05) is 21.1 Å². The molecule has 1 amide bonds. The van der Waals surface area contributed by atoms with Gasteiger partial charge in [0.15, 0.2) is 0 Å². The van der Waals surface area contributed by atoms with Crippen molar-refractivity contribution in [3.8, 4) is 0 Å². The zero-order valence-corrected chi connectivity index (χ0v) is 43.3. The van der Waals surface area contributed by atoms with Crippen LogP contribution in [0.2, 0.25) is 0 Å². The number of hydrogen-bond acceptors (Lipinski definition) is 6. The number of carbonyl (C=O) groups excluding carboxylic acids is 1. The maximum Gasteiger partial charge on any atom is 0.268 e. The van der Waals surface area contributed by atoms with Crippen LogP contribution in [0.1, 0.15) is 284 Å². The molecule has 0 fully saturated rings. The second kappa shape index (κ2) is 45.6. The van der Waals surface area contributed by atoms with Crippen LogP contribution < -0.4 is 10.2 Å². The van der Waals surface area contributed by atoms with Gasteiger partial charge < -0.3 is 28.8 Å². The Bertz CT molecular complexity index is 978. The van der Waals surface area contributed by atoms with Crippen molar-refractivity contribution in [2.24, 2.45) is 0 Å². The average molecular weight is 901 g/mol. The predicted molar refractivity (Wildman–Crippen MR) is 266 cm³/mol. The average Bonchev–Trinajstić information content (AvgIpc) is 3.23. The zero-order chi connectivity index (χ0) is 45.7. The molecule has 3 unspecified atom stereocenters. The summed E-state index contributed by atoms with van der Waals surface area (Å²) in [5.41, 5.74) is 0. The molecule has 0 saturated heterocycles. The second-order valence-corrected chi connectivity index (χ2v) is 21.7. The van der Waals surface area contributed by atoms with E-state index in [2.05, 4.69) is 19.2 Å². The summed E-state index contributed by atoms with van der Waals surface area (Å²) in [4.78, 5) is 25.0. The van der Waals surface area contributed by atoms with Gasteiger partial charge in [-0.3, -0.25) is 9.36 Å². The third-order valence-corrected chi connectivity index (χ3v) is 13.8. The Balaban J connectivity index is 3.56. The highest BCUT2D eigenvalue weighted by molar-refractivity contribution is 7.45. The van der Waals surface area contributed by atoms with E-state index in [4.69, 9.17) is 9.05 Å². The van der Waals surface area contributed by atoms with Crippen molar-refractivity contribution in [2.75, 3.05) is 40.9 Å². The van der Waals surface area contributed by atoms with E-state index >= 15 is 0 Å². The van der Waals surface area contributed by atoms with Crippen LogP contribution in [0.3, 0.4) is 0 Å². The summed E-state index contributed by atoms with van der Waals surface area (Å²) >= 11 is 0. The molecular weight excluding hydrogens is 792 g/mol. The van der Waals surface area contributed by atoms with Crippen LogP contribution in [0, 0.1) is 0 Å². The molecule has 0 aliphatic heterocycles. The summed E-state index contributed by atoms with van der Waals surface area (Å²) in [5, 5.41) is 13.6. The van der Waals surface area contributed by atoms with Gasteiger partial charge in [-0.05, 0) is 12.8 Å². The molecule has 62 heavy (non-hydrogen) atoms. The molecule has 0 aromatic carbocycles. The highest BCUT2D eigenvalue weighted by atomic mass is 31.2. The molecule has 0 aliphatic carbocycles. The first-order chi connectivity index (χ1) is 30.0. The Labute approximate surface area is 387 Å². The number of carbonyl (C=O) groups is 1. The normalized spacial score (nSPS) is 14.0. The van der Waals surface area contributed by atoms with Crippen molar-refractivity contribution >= 4 is 13.7 Å². The van der Waals surface area contributed by atoms with Gasteiger partial charge in [-0.2, -0.15) is 0 Å². The number of quaternary nitrogens is 1. The highest BCUT2D eigenvalue weighted by Crippen LogP contribution is 2.38. The van der Waals surface area contributed by atoms with E-state index in [0.717, 1.165) is 38.5 Å². The molecule has 0 rings (SSSR count). The molecule has 0 saturated carbocycles. The van der Waals surface area contributed by atoms with Crippen molar-refractivity contribution in [2.45, 2.75) is 296 Å². The van der Waals surface area contributed by atoms with Gasteiger partial charge in [0.1, 0.15) is 13.2 Å². The number of likely N-dealkylation sites (N-methyl/N-ethyl adjacent to an activating group) is 1. The van der Waals surface area contributed by atoms with Crippen LogP contribution in [-0.4, -0.2) is 68.5 Å². The van der Waals surface area contributed by atoms with Crippen molar-refractivity contribution in [3.05, 3.63) is 0 Å². The lowest BCUT2D eigenvalue weighted by Crippen LogP contribution is -2.46. The quantitative estimate of drug-likeness (QED) is 0.0358. The topological polar surface area (TPSA) is 108 Å². The minimum atomic E-state index is -4.54. The highest BCUT2D eigenvalue weighted by Gasteiger charge is 2.24. The number of aliphatic hydroxyl groups is 1. The fraction of sp³-hybridized carbons (Fsp3) is 0.981. The Kier molecular flexibility index (Phi) is 45.3. The van der Waals surface area contributed by atoms with Crippen LogP contribution >= 0.6 is 7.82 Å². The molecule has 0 aromatic heterocycles. The fourth-order valence-corrected chi connectivity index (χ4v) is 9.24. The van der Waals surface area contributed by atoms with Crippen LogP contribution in [0.4, 0.5) is 0 Å². The lowest BCUT2D eigenvalue weighted by molar-refractivity contribution is -0.870. The number of aliphatic hydroxyl groups excluding tert-OH is 1. The first-order valence-corrected chi connectivity index (χ1v) is 28.8. The summed E-state index contributed by atoms with van der Waals surface area (Å²) in [6.45, 7) is 4.58. The molecule has 8 nitrogen and oxygen atoms in total. The molecule has 2 N–H and O–H groups in total. The Morgan fingerprint density at radius 3 is 1.10 bits per heavy atom. The number of phosphoric ester groups is 1. The van der Waals surface area contributed by atoms with Gasteiger partial charge in [0, 0.05) is 6.42 Å². The van der Waals surface area contributed by atoms with Gasteiger partial charge in [-0.15, -0.1) is 0 Å². The third-order valence-electron chi connectivity index (χ3n) is 12.8.